The number of rotatable bonds is 3. The number of hydrogen-bond acceptors (Lipinski definition) is 4. The van der Waals surface area contributed by atoms with Gasteiger partial charge in [0.2, 0.25) is 10.0 Å². The predicted molar refractivity (Wildman–Crippen MR) is 99.5 cm³/mol. The Hall–Kier alpha value is -1.47. The van der Waals surface area contributed by atoms with Crippen molar-refractivity contribution in [3.05, 3.63) is 59.4 Å². The molecule has 0 saturated carbocycles. The summed E-state index contributed by atoms with van der Waals surface area (Å²) in [7, 11) is -3.52. The third-order valence-corrected chi connectivity index (χ3v) is 6.84. The van der Waals surface area contributed by atoms with Gasteiger partial charge in [0.05, 0.1) is 10.9 Å². The number of nitrogens with one attached hydrogen (secondary N) is 1. The Morgan fingerprint density at radius 1 is 1.16 bits per heavy atom. The van der Waals surface area contributed by atoms with Gasteiger partial charge in [-0.3, -0.25) is 4.98 Å². The molecule has 1 aromatic carbocycles. The fraction of sp³-hybridized carbons (Fsp3) is 0.389. The fourth-order valence-electron chi connectivity index (χ4n) is 3.67. The molecule has 1 aromatic heterocycles. The van der Waals surface area contributed by atoms with E-state index in [0.717, 1.165) is 24.8 Å². The molecule has 1 saturated heterocycles. The highest BCUT2D eigenvalue weighted by Crippen LogP contribution is 2.31. The van der Waals surface area contributed by atoms with Crippen molar-refractivity contribution in [1.29, 1.82) is 0 Å². The number of nitrogens with zero attached hydrogens (tertiary/aromatic N) is 2. The van der Waals surface area contributed by atoms with Crippen molar-refractivity contribution in [3.8, 4) is 0 Å². The van der Waals surface area contributed by atoms with Crippen LogP contribution >= 0.6 is 12.4 Å². The zero-order chi connectivity index (χ0) is 16.6. The van der Waals surface area contributed by atoms with Crippen LogP contribution < -0.4 is 5.32 Å². The number of hydrogen-bond donors (Lipinski definition) is 1. The van der Waals surface area contributed by atoms with Crippen molar-refractivity contribution in [1.82, 2.24) is 14.6 Å². The molecule has 25 heavy (non-hydrogen) atoms. The zero-order valence-electron chi connectivity index (χ0n) is 13.9. The van der Waals surface area contributed by atoms with Crippen LogP contribution in [0, 0.1) is 0 Å². The first-order chi connectivity index (χ1) is 11.7. The first kappa shape index (κ1) is 18.3. The Bertz CT molecular complexity index is 843. The predicted octanol–water partition coefficient (Wildman–Crippen LogP) is 2.33. The van der Waals surface area contributed by atoms with Gasteiger partial charge in [-0.15, -0.1) is 12.4 Å². The smallest absolute Gasteiger partial charge is 0.243 e. The standard InChI is InChI=1S/C18H21N3O2S.ClH/c22-24(23,17-7-6-14-3-1-4-15(14)11-17)21-10-9-20-13-18(21)16-5-2-8-19-12-16;/h2,5-8,11-12,18,20H,1,3-4,9-10,13H2;1H. The summed E-state index contributed by atoms with van der Waals surface area (Å²) >= 11 is 0. The van der Waals surface area contributed by atoms with Gasteiger partial charge in [0.15, 0.2) is 0 Å². The molecule has 2 aromatic rings. The highest BCUT2D eigenvalue weighted by molar-refractivity contribution is 7.89. The number of sulfonamides is 1. The van der Waals surface area contributed by atoms with Crippen molar-refractivity contribution in [2.24, 2.45) is 0 Å². The minimum atomic E-state index is -3.52. The van der Waals surface area contributed by atoms with Gasteiger partial charge in [0, 0.05) is 32.0 Å². The van der Waals surface area contributed by atoms with Crippen LogP contribution in [-0.4, -0.2) is 37.3 Å². The fourth-order valence-corrected chi connectivity index (χ4v) is 5.34. The van der Waals surface area contributed by atoms with Crippen LogP contribution in [0.3, 0.4) is 0 Å². The molecule has 1 N–H and O–H groups in total. The Balaban J connectivity index is 0.00000182. The lowest BCUT2D eigenvalue weighted by atomic mass is 10.1. The number of pyridine rings is 1. The highest BCUT2D eigenvalue weighted by Gasteiger charge is 2.34. The molecule has 1 aliphatic carbocycles. The molecule has 1 aliphatic heterocycles. The van der Waals surface area contributed by atoms with Crippen molar-refractivity contribution in [3.63, 3.8) is 0 Å². The molecule has 1 fully saturated rings. The van der Waals surface area contributed by atoms with Gasteiger partial charge in [-0.1, -0.05) is 12.1 Å². The Morgan fingerprint density at radius 2 is 2.00 bits per heavy atom. The van der Waals surface area contributed by atoms with Crippen LogP contribution in [0.5, 0.6) is 0 Å². The van der Waals surface area contributed by atoms with E-state index in [1.165, 1.54) is 11.1 Å². The normalized spacial score (nSPS) is 20.7. The van der Waals surface area contributed by atoms with Gasteiger partial charge in [-0.2, -0.15) is 4.31 Å². The topological polar surface area (TPSA) is 62.3 Å². The van der Waals surface area contributed by atoms with Gasteiger partial charge >= 0.3 is 0 Å². The molecular formula is C18H22ClN3O2S. The first-order valence-electron chi connectivity index (χ1n) is 8.40. The summed E-state index contributed by atoms with van der Waals surface area (Å²) in [6, 6.07) is 9.20. The average molecular weight is 380 g/mol. The molecule has 0 spiro atoms. The van der Waals surface area contributed by atoms with E-state index in [1.807, 2.05) is 24.3 Å². The number of fused-ring (bicyclic) bond motifs is 1. The number of benzene rings is 1. The van der Waals surface area contributed by atoms with Crippen molar-refractivity contribution in [2.45, 2.75) is 30.2 Å². The zero-order valence-corrected chi connectivity index (χ0v) is 15.5. The van der Waals surface area contributed by atoms with Gasteiger partial charge in [0.1, 0.15) is 0 Å². The summed E-state index contributed by atoms with van der Waals surface area (Å²) < 4.78 is 28.1. The van der Waals surface area contributed by atoms with Crippen LogP contribution in [0.1, 0.15) is 29.2 Å². The largest absolute Gasteiger partial charge is 0.313 e. The first-order valence-corrected chi connectivity index (χ1v) is 9.84. The van der Waals surface area contributed by atoms with E-state index in [4.69, 9.17) is 0 Å². The van der Waals surface area contributed by atoms with Gasteiger partial charge in [0.25, 0.3) is 0 Å². The van der Waals surface area contributed by atoms with E-state index in [-0.39, 0.29) is 18.4 Å². The third kappa shape index (κ3) is 3.44. The second kappa shape index (κ2) is 7.41. The highest BCUT2D eigenvalue weighted by atomic mass is 35.5. The quantitative estimate of drug-likeness (QED) is 0.889. The SMILES string of the molecule is Cl.O=S(=O)(c1ccc2c(c1)CCC2)N1CCNCC1c1cccnc1. The summed E-state index contributed by atoms with van der Waals surface area (Å²) in [4.78, 5) is 4.56. The molecule has 1 atom stereocenters. The van der Waals surface area contributed by atoms with E-state index in [0.29, 0.717) is 24.5 Å². The van der Waals surface area contributed by atoms with Gasteiger partial charge < -0.3 is 5.32 Å². The maximum Gasteiger partial charge on any atom is 0.243 e. The Labute approximate surface area is 154 Å². The molecule has 0 bridgehead atoms. The lowest BCUT2D eigenvalue weighted by Gasteiger charge is -2.35. The van der Waals surface area contributed by atoms with E-state index in [2.05, 4.69) is 10.3 Å². The van der Waals surface area contributed by atoms with Crippen molar-refractivity contribution >= 4 is 22.4 Å². The summed E-state index contributed by atoms with van der Waals surface area (Å²) in [5.74, 6) is 0. The van der Waals surface area contributed by atoms with Crippen molar-refractivity contribution in [2.75, 3.05) is 19.6 Å². The van der Waals surface area contributed by atoms with E-state index < -0.39 is 10.0 Å². The molecule has 7 heteroatoms. The molecule has 0 radical (unpaired) electrons. The molecule has 0 amide bonds. The van der Waals surface area contributed by atoms with E-state index in [1.54, 1.807) is 22.8 Å². The molecule has 5 nitrogen and oxygen atoms in total. The minimum Gasteiger partial charge on any atom is -0.313 e. The average Bonchev–Trinajstić information content (AvgIpc) is 3.10. The van der Waals surface area contributed by atoms with Crippen molar-refractivity contribution < 1.29 is 8.42 Å². The summed E-state index contributed by atoms with van der Waals surface area (Å²) in [5, 5.41) is 3.29. The third-order valence-electron chi connectivity index (χ3n) is 4.94. The Morgan fingerprint density at radius 3 is 2.80 bits per heavy atom. The van der Waals surface area contributed by atoms with Crippen LogP contribution in [0.4, 0.5) is 0 Å². The minimum absolute atomic E-state index is 0. The van der Waals surface area contributed by atoms with Crippen LogP contribution in [-0.2, 0) is 22.9 Å². The summed E-state index contributed by atoms with van der Waals surface area (Å²) in [6.45, 7) is 1.75. The number of aromatic nitrogens is 1. The van der Waals surface area contributed by atoms with E-state index >= 15 is 0 Å². The Kier molecular flexibility index (Phi) is 5.43. The number of aryl methyl sites for hydroxylation is 2. The second-order valence-electron chi connectivity index (χ2n) is 6.41. The van der Waals surface area contributed by atoms with Crippen LogP contribution in [0.25, 0.3) is 0 Å². The summed E-state index contributed by atoms with van der Waals surface area (Å²) in [6.07, 6.45) is 6.61. The summed E-state index contributed by atoms with van der Waals surface area (Å²) in [5.41, 5.74) is 3.40. The molecule has 134 valence electrons. The molecule has 2 aliphatic rings. The van der Waals surface area contributed by atoms with Gasteiger partial charge in [-0.05, 0) is 54.2 Å². The number of piperazine rings is 1. The monoisotopic (exact) mass is 379 g/mol. The lowest BCUT2D eigenvalue weighted by molar-refractivity contribution is 0.271. The maximum absolute atomic E-state index is 13.2. The van der Waals surface area contributed by atoms with Crippen LogP contribution in [0.2, 0.25) is 0 Å². The molecule has 2 heterocycles. The van der Waals surface area contributed by atoms with E-state index in [9.17, 15) is 8.42 Å². The number of halogens is 1. The lowest BCUT2D eigenvalue weighted by Crippen LogP contribution is -2.48. The molecular weight excluding hydrogens is 358 g/mol. The molecule has 4 rings (SSSR count). The van der Waals surface area contributed by atoms with Gasteiger partial charge in [-0.25, -0.2) is 8.42 Å². The molecule has 1 unspecified atom stereocenters. The maximum atomic E-state index is 13.2. The second-order valence-corrected chi connectivity index (χ2v) is 8.30. The van der Waals surface area contributed by atoms with Crippen LogP contribution in [0.15, 0.2) is 47.6 Å².